The zero-order valence-corrected chi connectivity index (χ0v) is 17.0. The second-order valence-corrected chi connectivity index (χ2v) is 7.21. The van der Waals surface area contributed by atoms with Crippen LogP contribution in [0.3, 0.4) is 0 Å². The lowest BCUT2D eigenvalue weighted by Crippen LogP contribution is -2.16. The van der Waals surface area contributed by atoms with E-state index in [-0.39, 0.29) is 12.5 Å². The molecule has 1 heterocycles. The smallest absolute Gasteiger partial charge is 0.256 e. The van der Waals surface area contributed by atoms with Crippen LogP contribution in [0.5, 0.6) is 0 Å². The molecule has 2 N–H and O–H groups in total. The van der Waals surface area contributed by atoms with Crippen molar-refractivity contribution in [1.29, 1.82) is 0 Å². The SMILES string of the molecule is O=C(Nc1ncc(-c2ccc(CO)cc2)nc1CCc1ccccc1)c1ccccc1. The van der Waals surface area contributed by atoms with E-state index >= 15 is 0 Å². The van der Waals surface area contributed by atoms with Gasteiger partial charge in [-0.15, -0.1) is 0 Å². The van der Waals surface area contributed by atoms with Crippen LogP contribution in [0.2, 0.25) is 0 Å². The summed E-state index contributed by atoms with van der Waals surface area (Å²) in [5, 5.41) is 12.2. The molecule has 0 fully saturated rings. The van der Waals surface area contributed by atoms with Crippen LogP contribution in [0.25, 0.3) is 11.3 Å². The molecule has 4 rings (SSSR count). The van der Waals surface area contributed by atoms with Gasteiger partial charge in [0.1, 0.15) is 0 Å². The monoisotopic (exact) mass is 409 g/mol. The first-order valence-corrected chi connectivity index (χ1v) is 10.2. The molecule has 0 saturated heterocycles. The number of aliphatic hydroxyl groups is 1. The van der Waals surface area contributed by atoms with Crippen LogP contribution in [0.4, 0.5) is 5.82 Å². The minimum Gasteiger partial charge on any atom is -0.392 e. The molecule has 5 heteroatoms. The molecule has 0 radical (unpaired) electrons. The normalized spacial score (nSPS) is 10.6. The highest BCUT2D eigenvalue weighted by Crippen LogP contribution is 2.22. The van der Waals surface area contributed by atoms with Gasteiger partial charge in [-0.3, -0.25) is 4.79 Å². The number of anilines is 1. The Bertz CT molecular complexity index is 1140. The third-order valence-corrected chi connectivity index (χ3v) is 5.04. The van der Waals surface area contributed by atoms with E-state index < -0.39 is 0 Å². The van der Waals surface area contributed by atoms with Crippen molar-refractivity contribution in [3.8, 4) is 11.3 Å². The Balaban J connectivity index is 1.63. The average molecular weight is 409 g/mol. The lowest BCUT2D eigenvalue weighted by atomic mass is 10.1. The Kier molecular flexibility index (Phi) is 6.45. The van der Waals surface area contributed by atoms with E-state index in [1.807, 2.05) is 60.7 Å². The van der Waals surface area contributed by atoms with Gasteiger partial charge in [-0.1, -0.05) is 72.8 Å². The fourth-order valence-corrected chi connectivity index (χ4v) is 3.30. The van der Waals surface area contributed by atoms with Gasteiger partial charge in [-0.25, -0.2) is 9.97 Å². The van der Waals surface area contributed by atoms with Gasteiger partial charge in [0.2, 0.25) is 0 Å². The number of hydrogen-bond acceptors (Lipinski definition) is 4. The lowest BCUT2D eigenvalue weighted by molar-refractivity contribution is 0.102. The summed E-state index contributed by atoms with van der Waals surface area (Å²) in [6.07, 6.45) is 3.10. The second kappa shape index (κ2) is 9.78. The average Bonchev–Trinajstić information content (AvgIpc) is 2.84. The van der Waals surface area contributed by atoms with Crippen LogP contribution in [-0.4, -0.2) is 21.0 Å². The highest BCUT2D eigenvalue weighted by molar-refractivity contribution is 6.04. The highest BCUT2D eigenvalue weighted by Gasteiger charge is 2.13. The third-order valence-electron chi connectivity index (χ3n) is 5.04. The predicted molar refractivity (Wildman–Crippen MR) is 122 cm³/mol. The Morgan fingerprint density at radius 1 is 0.806 bits per heavy atom. The maximum Gasteiger partial charge on any atom is 0.256 e. The Morgan fingerprint density at radius 3 is 2.16 bits per heavy atom. The Hall–Kier alpha value is -3.83. The minimum atomic E-state index is -0.212. The largest absolute Gasteiger partial charge is 0.392 e. The molecular formula is C26H23N3O2. The number of amides is 1. The zero-order chi connectivity index (χ0) is 21.5. The van der Waals surface area contributed by atoms with Crippen molar-refractivity contribution < 1.29 is 9.90 Å². The number of nitrogens with one attached hydrogen (secondary N) is 1. The fourth-order valence-electron chi connectivity index (χ4n) is 3.30. The van der Waals surface area contributed by atoms with Crippen molar-refractivity contribution >= 4 is 11.7 Å². The molecule has 31 heavy (non-hydrogen) atoms. The fraction of sp³-hybridized carbons (Fsp3) is 0.115. The van der Waals surface area contributed by atoms with Crippen molar-refractivity contribution in [3.05, 3.63) is 114 Å². The molecule has 1 amide bonds. The molecule has 0 atom stereocenters. The molecule has 1 aromatic heterocycles. The number of hydrogen-bond donors (Lipinski definition) is 2. The number of rotatable bonds is 7. The van der Waals surface area contributed by atoms with E-state index in [4.69, 9.17) is 4.98 Å². The van der Waals surface area contributed by atoms with E-state index in [1.165, 1.54) is 5.56 Å². The molecule has 0 aliphatic carbocycles. The van der Waals surface area contributed by atoms with Gasteiger partial charge in [0.15, 0.2) is 5.82 Å². The Morgan fingerprint density at radius 2 is 1.48 bits per heavy atom. The van der Waals surface area contributed by atoms with Gasteiger partial charge in [-0.05, 0) is 36.1 Å². The molecule has 154 valence electrons. The molecule has 0 unspecified atom stereocenters. The van der Waals surface area contributed by atoms with Gasteiger partial charge in [0, 0.05) is 11.1 Å². The summed E-state index contributed by atoms with van der Waals surface area (Å²) >= 11 is 0. The lowest BCUT2D eigenvalue weighted by Gasteiger charge is -2.12. The number of carbonyl (C=O) groups excluding carboxylic acids is 1. The van der Waals surface area contributed by atoms with Gasteiger partial charge in [0.05, 0.1) is 24.2 Å². The van der Waals surface area contributed by atoms with E-state index in [0.717, 1.165) is 28.9 Å². The highest BCUT2D eigenvalue weighted by atomic mass is 16.3. The number of benzene rings is 3. The summed E-state index contributed by atoms with van der Waals surface area (Å²) < 4.78 is 0. The molecule has 0 bridgehead atoms. The van der Waals surface area contributed by atoms with E-state index in [0.29, 0.717) is 17.8 Å². The van der Waals surface area contributed by atoms with Crippen molar-refractivity contribution in [2.75, 3.05) is 5.32 Å². The van der Waals surface area contributed by atoms with Gasteiger partial charge < -0.3 is 10.4 Å². The minimum absolute atomic E-state index is 0.00125. The topological polar surface area (TPSA) is 75.1 Å². The first kappa shape index (κ1) is 20.4. The number of aromatic nitrogens is 2. The molecule has 4 aromatic rings. The quantitative estimate of drug-likeness (QED) is 0.465. The van der Waals surface area contributed by atoms with Gasteiger partial charge >= 0.3 is 0 Å². The maximum absolute atomic E-state index is 12.7. The molecule has 3 aromatic carbocycles. The zero-order valence-electron chi connectivity index (χ0n) is 17.0. The van der Waals surface area contributed by atoms with Gasteiger partial charge in [-0.2, -0.15) is 0 Å². The Labute approximate surface area is 181 Å². The van der Waals surface area contributed by atoms with Crippen molar-refractivity contribution in [2.45, 2.75) is 19.4 Å². The molecule has 0 saturated carbocycles. The summed E-state index contributed by atoms with van der Waals surface area (Å²) in [6.45, 7) is -0.00125. The first-order valence-electron chi connectivity index (χ1n) is 10.2. The summed E-state index contributed by atoms with van der Waals surface area (Å²) in [7, 11) is 0. The summed E-state index contributed by atoms with van der Waals surface area (Å²) in [4.78, 5) is 22.0. The first-order chi connectivity index (χ1) is 15.2. The van der Waals surface area contributed by atoms with Crippen molar-refractivity contribution in [2.24, 2.45) is 0 Å². The molecular weight excluding hydrogens is 386 g/mol. The molecule has 0 aliphatic rings. The van der Waals surface area contributed by atoms with Crippen molar-refractivity contribution in [3.63, 3.8) is 0 Å². The molecule has 5 nitrogen and oxygen atoms in total. The molecule has 0 spiro atoms. The second-order valence-electron chi connectivity index (χ2n) is 7.21. The van der Waals surface area contributed by atoms with Crippen LogP contribution in [0, 0.1) is 0 Å². The number of aliphatic hydroxyl groups excluding tert-OH is 1. The summed E-state index contributed by atoms with van der Waals surface area (Å²) in [5.74, 6) is 0.261. The molecule has 0 aliphatic heterocycles. The maximum atomic E-state index is 12.7. The standard InChI is InChI=1S/C26H23N3O2/c30-18-20-11-14-21(15-12-20)24-17-27-25(29-26(31)22-9-5-2-6-10-22)23(28-24)16-13-19-7-3-1-4-8-19/h1-12,14-15,17,30H,13,16,18H2,(H,27,29,31). The van der Waals surface area contributed by atoms with E-state index in [2.05, 4.69) is 22.4 Å². The van der Waals surface area contributed by atoms with E-state index in [9.17, 15) is 9.90 Å². The van der Waals surface area contributed by atoms with Crippen molar-refractivity contribution in [1.82, 2.24) is 9.97 Å². The predicted octanol–water partition coefficient (Wildman–Crippen LogP) is 4.67. The van der Waals surface area contributed by atoms with Crippen LogP contribution >= 0.6 is 0 Å². The van der Waals surface area contributed by atoms with Gasteiger partial charge in [0.25, 0.3) is 5.91 Å². The third kappa shape index (κ3) is 5.21. The van der Waals surface area contributed by atoms with Crippen LogP contribution < -0.4 is 5.32 Å². The van der Waals surface area contributed by atoms with E-state index in [1.54, 1.807) is 18.3 Å². The van der Waals surface area contributed by atoms with Crippen LogP contribution in [0.15, 0.2) is 91.1 Å². The van der Waals surface area contributed by atoms with Crippen LogP contribution in [-0.2, 0) is 19.4 Å². The number of nitrogens with zero attached hydrogens (tertiary/aromatic N) is 2. The summed E-state index contributed by atoms with van der Waals surface area (Å²) in [6, 6.07) is 26.8. The summed E-state index contributed by atoms with van der Waals surface area (Å²) in [5.41, 5.74) is 4.98. The van der Waals surface area contributed by atoms with Crippen LogP contribution in [0.1, 0.15) is 27.2 Å². The number of carbonyl (C=O) groups is 1. The number of aryl methyl sites for hydroxylation is 2.